The van der Waals surface area contributed by atoms with Crippen LogP contribution in [0.1, 0.15) is 57.8 Å². The fourth-order valence-corrected chi connectivity index (χ4v) is 2.80. The molecule has 0 spiro atoms. The molecule has 0 saturated carbocycles. The van der Waals surface area contributed by atoms with Gasteiger partial charge in [0.2, 0.25) is 0 Å². The van der Waals surface area contributed by atoms with Crippen molar-refractivity contribution in [2.45, 2.75) is 72.4 Å². The molecule has 1 fully saturated rings. The van der Waals surface area contributed by atoms with Gasteiger partial charge < -0.3 is 10.5 Å². The second-order valence-corrected chi connectivity index (χ2v) is 6.05. The van der Waals surface area contributed by atoms with E-state index in [2.05, 4.69) is 18.1 Å². The van der Waals surface area contributed by atoms with Crippen molar-refractivity contribution < 1.29 is 9.53 Å². The van der Waals surface area contributed by atoms with Gasteiger partial charge in [0, 0.05) is 31.9 Å². The standard InChI is InChI=1S/C16H27N3O2.C2H6/c1-3-4-16(20)15(17)5-7-19-12(2)9-14(18-19)10-13-6-8-21-11-13;1-2/h9,13,15H,3-8,10-11,17H2,1-2H3;1-2H3. The summed E-state index contributed by atoms with van der Waals surface area (Å²) in [5.74, 6) is 0.756. The minimum absolute atomic E-state index is 0.158. The monoisotopic (exact) mass is 323 g/mol. The van der Waals surface area contributed by atoms with E-state index >= 15 is 0 Å². The topological polar surface area (TPSA) is 70.1 Å². The lowest BCUT2D eigenvalue weighted by Gasteiger charge is -2.11. The summed E-state index contributed by atoms with van der Waals surface area (Å²) >= 11 is 0. The van der Waals surface area contributed by atoms with Gasteiger partial charge in [-0.2, -0.15) is 5.10 Å². The number of carbonyl (C=O) groups is 1. The van der Waals surface area contributed by atoms with Gasteiger partial charge >= 0.3 is 0 Å². The summed E-state index contributed by atoms with van der Waals surface area (Å²) in [4.78, 5) is 11.7. The minimum Gasteiger partial charge on any atom is -0.381 e. The molecule has 2 unspecified atom stereocenters. The first-order chi connectivity index (χ1) is 11.1. The van der Waals surface area contributed by atoms with Crippen LogP contribution in [0, 0.1) is 12.8 Å². The lowest BCUT2D eigenvalue weighted by atomic mass is 10.0. The van der Waals surface area contributed by atoms with Gasteiger partial charge in [0.15, 0.2) is 0 Å². The van der Waals surface area contributed by atoms with Crippen LogP contribution in [-0.4, -0.2) is 34.8 Å². The summed E-state index contributed by atoms with van der Waals surface area (Å²) in [6.07, 6.45) is 4.21. The number of aromatic nitrogens is 2. The van der Waals surface area contributed by atoms with E-state index < -0.39 is 0 Å². The largest absolute Gasteiger partial charge is 0.381 e. The van der Waals surface area contributed by atoms with Gasteiger partial charge in [-0.05, 0) is 44.6 Å². The first-order valence-electron chi connectivity index (χ1n) is 8.99. The molecule has 1 aromatic heterocycles. The van der Waals surface area contributed by atoms with Crippen LogP contribution in [0.3, 0.4) is 0 Å². The Morgan fingerprint density at radius 1 is 1.52 bits per heavy atom. The van der Waals surface area contributed by atoms with E-state index in [1.54, 1.807) is 0 Å². The smallest absolute Gasteiger partial charge is 0.149 e. The van der Waals surface area contributed by atoms with Crippen LogP contribution in [-0.2, 0) is 22.5 Å². The summed E-state index contributed by atoms with van der Waals surface area (Å²) in [5.41, 5.74) is 8.19. The fourth-order valence-electron chi connectivity index (χ4n) is 2.80. The van der Waals surface area contributed by atoms with Crippen molar-refractivity contribution in [3.63, 3.8) is 0 Å². The highest BCUT2D eigenvalue weighted by molar-refractivity contribution is 5.83. The lowest BCUT2D eigenvalue weighted by molar-refractivity contribution is -0.120. The van der Waals surface area contributed by atoms with Gasteiger partial charge in [-0.25, -0.2) is 0 Å². The Bertz CT molecular complexity index is 465. The highest BCUT2D eigenvalue weighted by atomic mass is 16.5. The number of hydrogen-bond acceptors (Lipinski definition) is 4. The quantitative estimate of drug-likeness (QED) is 0.798. The first-order valence-corrected chi connectivity index (χ1v) is 8.99. The Morgan fingerprint density at radius 3 is 2.87 bits per heavy atom. The third kappa shape index (κ3) is 6.43. The summed E-state index contributed by atoms with van der Waals surface area (Å²) < 4.78 is 7.38. The molecular formula is C18H33N3O2. The van der Waals surface area contributed by atoms with E-state index in [4.69, 9.17) is 10.5 Å². The van der Waals surface area contributed by atoms with Gasteiger partial charge in [-0.3, -0.25) is 9.48 Å². The second-order valence-electron chi connectivity index (χ2n) is 6.05. The molecule has 2 heterocycles. The second kappa shape index (κ2) is 10.6. The number of nitrogens with zero attached hydrogens (tertiary/aromatic N) is 2. The van der Waals surface area contributed by atoms with E-state index in [0.717, 1.165) is 43.9 Å². The van der Waals surface area contributed by atoms with Crippen molar-refractivity contribution in [3.8, 4) is 0 Å². The molecule has 1 aromatic rings. The van der Waals surface area contributed by atoms with Crippen LogP contribution in [0.15, 0.2) is 6.07 Å². The molecule has 23 heavy (non-hydrogen) atoms. The number of rotatable bonds is 8. The number of ketones is 1. The zero-order chi connectivity index (χ0) is 17.2. The summed E-state index contributed by atoms with van der Waals surface area (Å²) in [7, 11) is 0. The number of nitrogens with two attached hydrogens (primary N) is 1. The molecule has 1 aliphatic rings. The van der Waals surface area contributed by atoms with Crippen molar-refractivity contribution in [2.24, 2.45) is 11.7 Å². The average molecular weight is 323 g/mol. The number of hydrogen-bond donors (Lipinski definition) is 1. The van der Waals surface area contributed by atoms with Gasteiger partial charge in [-0.15, -0.1) is 0 Å². The Hall–Kier alpha value is -1.20. The van der Waals surface area contributed by atoms with E-state index in [1.807, 2.05) is 25.5 Å². The predicted molar refractivity (Wildman–Crippen MR) is 93.4 cm³/mol. The van der Waals surface area contributed by atoms with Gasteiger partial charge in [0.1, 0.15) is 5.78 Å². The van der Waals surface area contributed by atoms with Gasteiger partial charge in [0.05, 0.1) is 11.7 Å². The first kappa shape index (κ1) is 19.8. The third-order valence-corrected chi connectivity index (χ3v) is 4.12. The summed E-state index contributed by atoms with van der Waals surface area (Å²) in [6.45, 7) is 10.5. The number of carbonyl (C=O) groups excluding carboxylic acids is 1. The van der Waals surface area contributed by atoms with Crippen molar-refractivity contribution >= 4 is 5.78 Å². The molecule has 0 bridgehead atoms. The van der Waals surface area contributed by atoms with Crippen LogP contribution in [0.2, 0.25) is 0 Å². The normalized spacial score (nSPS) is 18.4. The molecule has 0 aromatic carbocycles. The number of ether oxygens (including phenoxy) is 1. The number of aryl methyl sites for hydroxylation is 2. The van der Waals surface area contributed by atoms with Crippen LogP contribution >= 0.6 is 0 Å². The zero-order valence-electron chi connectivity index (χ0n) is 15.2. The van der Waals surface area contributed by atoms with Crippen molar-refractivity contribution in [2.75, 3.05) is 13.2 Å². The highest BCUT2D eigenvalue weighted by Crippen LogP contribution is 2.18. The van der Waals surface area contributed by atoms with E-state index in [1.165, 1.54) is 0 Å². The van der Waals surface area contributed by atoms with Gasteiger partial charge in [-0.1, -0.05) is 20.8 Å². The molecule has 2 atom stereocenters. The third-order valence-electron chi connectivity index (χ3n) is 4.12. The average Bonchev–Trinajstić information content (AvgIpc) is 3.17. The Morgan fingerprint density at radius 2 is 2.26 bits per heavy atom. The molecule has 132 valence electrons. The number of Topliss-reactive ketones (excluding diaryl/α,β-unsaturated/α-hetero) is 1. The molecule has 1 saturated heterocycles. The Labute approximate surface area is 140 Å². The maximum Gasteiger partial charge on any atom is 0.149 e. The maximum absolute atomic E-state index is 11.7. The van der Waals surface area contributed by atoms with E-state index in [-0.39, 0.29) is 11.8 Å². The van der Waals surface area contributed by atoms with Crippen molar-refractivity contribution in [1.29, 1.82) is 0 Å². The fraction of sp³-hybridized carbons (Fsp3) is 0.778. The van der Waals surface area contributed by atoms with Crippen LogP contribution < -0.4 is 5.73 Å². The molecule has 5 nitrogen and oxygen atoms in total. The summed E-state index contributed by atoms with van der Waals surface area (Å²) in [6, 6.07) is 1.78. The van der Waals surface area contributed by atoms with E-state index in [9.17, 15) is 4.79 Å². The minimum atomic E-state index is -0.361. The van der Waals surface area contributed by atoms with Gasteiger partial charge in [0.25, 0.3) is 0 Å². The van der Waals surface area contributed by atoms with E-state index in [0.29, 0.717) is 25.3 Å². The van der Waals surface area contributed by atoms with Crippen LogP contribution in [0.5, 0.6) is 0 Å². The molecule has 2 N–H and O–H groups in total. The van der Waals surface area contributed by atoms with Crippen molar-refractivity contribution in [1.82, 2.24) is 9.78 Å². The Kier molecular flexibility index (Phi) is 9.10. The predicted octanol–water partition coefficient (Wildman–Crippen LogP) is 2.88. The van der Waals surface area contributed by atoms with Crippen molar-refractivity contribution in [3.05, 3.63) is 17.5 Å². The summed E-state index contributed by atoms with van der Waals surface area (Å²) in [5, 5.41) is 4.64. The highest BCUT2D eigenvalue weighted by Gasteiger charge is 2.18. The zero-order valence-corrected chi connectivity index (χ0v) is 15.2. The lowest BCUT2D eigenvalue weighted by Crippen LogP contribution is -2.31. The molecule has 1 aliphatic heterocycles. The molecule has 0 amide bonds. The molecule has 0 aliphatic carbocycles. The molecule has 5 heteroatoms. The maximum atomic E-state index is 11.7. The van der Waals surface area contributed by atoms with Crippen LogP contribution in [0.4, 0.5) is 0 Å². The molecule has 0 radical (unpaired) electrons. The van der Waals surface area contributed by atoms with Crippen LogP contribution in [0.25, 0.3) is 0 Å². The molecule has 2 rings (SSSR count). The molecular weight excluding hydrogens is 290 g/mol. The SMILES string of the molecule is CC.CCCC(=O)C(N)CCn1nc(CC2CCOC2)cc1C. The Balaban J connectivity index is 0.00000127.